The van der Waals surface area contributed by atoms with E-state index >= 15 is 0 Å². The summed E-state index contributed by atoms with van der Waals surface area (Å²) >= 11 is 13.8. The molecule has 2 fully saturated rings. The second kappa shape index (κ2) is 17.1. The van der Waals surface area contributed by atoms with Gasteiger partial charge in [0.15, 0.2) is 34.6 Å². The summed E-state index contributed by atoms with van der Waals surface area (Å²) < 4.78 is 0. The summed E-state index contributed by atoms with van der Waals surface area (Å²) in [6.07, 6.45) is 4.52. The molecule has 0 unspecified atom stereocenters. The van der Waals surface area contributed by atoms with Gasteiger partial charge in [-0.1, -0.05) is 77.8 Å². The van der Waals surface area contributed by atoms with Gasteiger partial charge in [-0.15, -0.1) is 0 Å². The maximum atomic E-state index is 13.8. The van der Waals surface area contributed by atoms with Crippen molar-refractivity contribution in [3.05, 3.63) is 131 Å². The van der Waals surface area contributed by atoms with Crippen LogP contribution in [0.3, 0.4) is 0 Å². The van der Waals surface area contributed by atoms with Crippen LogP contribution in [-0.4, -0.2) is 109 Å². The summed E-state index contributed by atoms with van der Waals surface area (Å²) in [6, 6.07) is 30.7. The fourth-order valence-electron chi connectivity index (χ4n) is 8.36. The highest BCUT2D eigenvalue weighted by molar-refractivity contribution is 6.36. The van der Waals surface area contributed by atoms with Crippen molar-refractivity contribution in [2.75, 3.05) is 64.5 Å². The Bertz CT molecular complexity index is 3160. The molecule has 2 aliphatic heterocycles. The van der Waals surface area contributed by atoms with E-state index < -0.39 is 0 Å². The molecule has 0 spiro atoms. The molecule has 4 N–H and O–H groups in total. The summed E-state index contributed by atoms with van der Waals surface area (Å²) in [7, 11) is 2.02. The molecule has 6 heterocycles. The number of fused-ring (bicyclic) bond motifs is 2. The summed E-state index contributed by atoms with van der Waals surface area (Å²) in [4.78, 5) is 62.4. The van der Waals surface area contributed by atoms with Crippen LogP contribution in [0.1, 0.15) is 27.4 Å². The molecule has 8 aromatic rings. The van der Waals surface area contributed by atoms with Gasteiger partial charge >= 0.3 is 0 Å². The number of hydrogen-bond donors (Lipinski definition) is 2. The number of likely N-dealkylation sites (N-methyl/N-ethyl adjacent to an activating group) is 1. The molecule has 15 heteroatoms. The van der Waals surface area contributed by atoms with Gasteiger partial charge in [-0.3, -0.25) is 34.3 Å². The van der Waals surface area contributed by atoms with Crippen molar-refractivity contribution in [3.8, 4) is 56.2 Å². The lowest BCUT2D eigenvalue weighted by Gasteiger charge is -2.29. The largest absolute Gasteiger partial charge is 0.382 e. The van der Waals surface area contributed by atoms with Crippen LogP contribution in [0.4, 0.5) is 11.6 Å². The lowest BCUT2D eigenvalue weighted by molar-refractivity contribution is 0.0870. The molecule has 4 aromatic heterocycles. The Kier molecular flexibility index (Phi) is 11.0. The van der Waals surface area contributed by atoms with Crippen LogP contribution in [0, 0.1) is 0 Å². The number of rotatable bonds is 11. The third-order valence-corrected chi connectivity index (χ3v) is 12.3. The molecule has 0 radical (unpaired) electrons. The molecule has 318 valence electrons. The number of carbonyl (C=O) groups excluding carboxylic acids is 2. The predicted octanol–water partition coefficient (Wildman–Crippen LogP) is 8.45. The summed E-state index contributed by atoms with van der Waals surface area (Å²) in [6.45, 7) is 4.41. The molecule has 0 atom stereocenters. The van der Waals surface area contributed by atoms with Crippen LogP contribution in [0.25, 0.3) is 78.0 Å². The molecule has 0 bridgehead atoms. The van der Waals surface area contributed by atoms with Gasteiger partial charge in [0.05, 0.1) is 63.6 Å². The van der Waals surface area contributed by atoms with E-state index in [2.05, 4.69) is 19.7 Å². The van der Waals surface area contributed by atoms with Crippen molar-refractivity contribution >= 4 is 68.2 Å². The number of benzene rings is 4. The van der Waals surface area contributed by atoms with Crippen LogP contribution >= 0.6 is 23.2 Å². The van der Waals surface area contributed by atoms with E-state index in [1.807, 2.05) is 92.0 Å². The smallest absolute Gasteiger partial charge is 0.198 e. The molecule has 10 rings (SSSR count). The molecular weight excluding hydrogens is 846 g/mol. The second-order valence-electron chi connectivity index (χ2n) is 16.3. The zero-order valence-electron chi connectivity index (χ0n) is 34.8. The first-order valence-electron chi connectivity index (χ1n) is 20.9. The first-order chi connectivity index (χ1) is 31.1. The Morgan fingerprint density at radius 2 is 1.14 bits per heavy atom. The Labute approximate surface area is 378 Å². The summed E-state index contributed by atoms with van der Waals surface area (Å²) in [5.74, 6) is -0.287. The highest BCUT2D eigenvalue weighted by atomic mass is 35.5. The SMILES string of the molecule is CN1CCN(CC(=O)c2nc(-c3cc(Cl)c4ncccc4c3)c(-c3cccc(-c4cnc5c(Cl)cc(-c6nc(C(=O)CN7CCC7)c(N)nc6-c6ccccc6)cc5c4)c3)nc2N)C1. The summed E-state index contributed by atoms with van der Waals surface area (Å²) in [5.41, 5.74) is 20.9. The number of nitrogens with zero attached hydrogens (tertiary/aromatic N) is 9. The van der Waals surface area contributed by atoms with Crippen molar-refractivity contribution in [3.63, 3.8) is 0 Å². The Hall–Kier alpha value is -6.74. The fourth-order valence-corrected chi connectivity index (χ4v) is 8.91. The van der Waals surface area contributed by atoms with E-state index in [0.717, 1.165) is 60.1 Å². The number of halogens is 2. The number of ketones is 2. The molecule has 13 nitrogen and oxygen atoms in total. The van der Waals surface area contributed by atoms with E-state index in [9.17, 15) is 9.59 Å². The van der Waals surface area contributed by atoms with Crippen molar-refractivity contribution in [2.45, 2.75) is 6.42 Å². The first kappa shape index (κ1) is 41.3. The number of hydrogen-bond acceptors (Lipinski definition) is 13. The van der Waals surface area contributed by atoms with Crippen LogP contribution in [-0.2, 0) is 0 Å². The third kappa shape index (κ3) is 8.04. The molecule has 4 aromatic carbocycles. The molecule has 2 saturated heterocycles. The van der Waals surface area contributed by atoms with Crippen molar-refractivity contribution in [1.82, 2.24) is 44.6 Å². The van der Waals surface area contributed by atoms with Gasteiger partial charge in [0.25, 0.3) is 0 Å². The minimum absolute atomic E-state index is 0.0378. The standard InChI is InChI=1S/C49H41Cl2N11O2/c1-60-16-17-62(27-60)26-39(64)47-49(53)59-43(45(57-47)33-19-30-12-6-13-54-40(30)36(50)22-33)31-11-5-10-29(18-31)35-21-32-20-34(23-37(51)41(32)55-24-35)44-42(28-8-3-2-4-9-28)58-48(52)46(56-44)38(63)25-61-14-7-15-61/h2-6,8-13,18-24H,7,14-17,25-27H2,1H3,(H2,52,58)(H2,53,59). The minimum Gasteiger partial charge on any atom is -0.382 e. The van der Waals surface area contributed by atoms with Crippen molar-refractivity contribution in [1.29, 1.82) is 0 Å². The number of aromatic nitrogens is 6. The van der Waals surface area contributed by atoms with Crippen molar-refractivity contribution < 1.29 is 9.59 Å². The average molecular weight is 887 g/mol. The minimum atomic E-state index is -0.217. The number of likely N-dealkylation sites (tertiary alicyclic amines) is 1. The lowest BCUT2D eigenvalue weighted by atomic mass is 9.97. The van der Waals surface area contributed by atoms with E-state index in [0.29, 0.717) is 67.2 Å². The van der Waals surface area contributed by atoms with Crippen LogP contribution in [0.5, 0.6) is 0 Å². The van der Waals surface area contributed by atoms with Crippen LogP contribution in [0.2, 0.25) is 10.0 Å². The van der Waals surface area contributed by atoms with E-state index in [1.54, 1.807) is 24.5 Å². The maximum Gasteiger partial charge on any atom is 0.198 e. The molecule has 64 heavy (non-hydrogen) atoms. The summed E-state index contributed by atoms with van der Waals surface area (Å²) in [5, 5.41) is 2.40. The highest BCUT2D eigenvalue weighted by Gasteiger charge is 2.27. The van der Waals surface area contributed by atoms with Gasteiger partial charge in [0, 0.05) is 64.1 Å². The van der Waals surface area contributed by atoms with E-state index in [4.69, 9.17) is 59.6 Å². The first-order valence-corrected chi connectivity index (χ1v) is 21.7. The fraction of sp³-hybridized carbons (Fsp3) is 0.184. The normalized spacial score (nSPS) is 14.6. The quantitative estimate of drug-likeness (QED) is 0.119. The number of Topliss-reactive ketones (excluding diaryl/α,β-unsaturated/α-hetero) is 2. The van der Waals surface area contributed by atoms with Gasteiger partial charge in [-0.25, -0.2) is 19.9 Å². The molecular formula is C49H41Cl2N11O2. The van der Waals surface area contributed by atoms with Gasteiger partial charge in [0.1, 0.15) is 0 Å². The number of nitrogens with two attached hydrogens (primary N) is 2. The van der Waals surface area contributed by atoms with E-state index in [1.165, 1.54) is 0 Å². The monoisotopic (exact) mass is 885 g/mol. The van der Waals surface area contributed by atoms with Gasteiger partial charge in [0.2, 0.25) is 0 Å². The lowest BCUT2D eigenvalue weighted by Crippen LogP contribution is -2.41. The van der Waals surface area contributed by atoms with Gasteiger partial charge in [-0.05, 0) is 74.6 Å². The molecule has 0 aliphatic carbocycles. The Balaban J connectivity index is 1.06. The zero-order chi connectivity index (χ0) is 44.1. The third-order valence-electron chi connectivity index (χ3n) is 11.8. The van der Waals surface area contributed by atoms with Gasteiger partial charge < -0.3 is 11.5 Å². The van der Waals surface area contributed by atoms with Crippen molar-refractivity contribution in [2.24, 2.45) is 0 Å². The number of carbonyl (C=O) groups is 2. The maximum absolute atomic E-state index is 13.8. The predicted molar refractivity (Wildman–Crippen MR) is 253 cm³/mol. The highest BCUT2D eigenvalue weighted by Crippen LogP contribution is 2.39. The zero-order valence-corrected chi connectivity index (χ0v) is 36.3. The average Bonchev–Trinajstić information content (AvgIpc) is 3.71. The molecule has 0 saturated carbocycles. The van der Waals surface area contributed by atoms with E-state index in [-0.39, 0.29) is 47.7 Å². The Morgan fingerprint density at radius 3 is 1.78 bits per heavy atom. The second-order valence-corrected chi connectivity index (χ2v) is 17.1. The van der Waals surface area contributed by atoms with Crippen LogP contribution in [0.15, 0.2) is 109 Å². The number of anilines is 2. The molecule has 2 aliphatic rings. The molecule has 0 amide bonds. The Morgan fingerprint density at radius 1 is 0.562 bits per heavy atom. The van der Waals surface area contributed by atoms with Gasteiger partial charge in [-0.2, -0.15) is 0 Å². The topological polar surface area (TPSA) is 173 Å². The number of pyridine rings is 2. The number of nitrogen functional groups attached to an aromatic ring is 2. The van der Waals surface area contributed by atoms with Crippen LogP contribution < -0.4 is 11.5 Å².